The lowest BCUT2D eigenvalue weighted by molar-refractivity contribution is 0.0997. The Morgan fingerprint density at radius 3 is 2.54 bits per heavy atom. The average Bonchev–Trinajstić information content (AvgIpc) is 3.07. The Hall–Kier alpha value is -3.32. The van der Waals surface area contributed by atoms with Crippen LogP contribution in [-0.2, 0) is 0 Å². The van der Waals surface area contributed by atoms with Crippen molar-refractivity contribution in [2.45, 2.75) is 0 Å². The van der Waals surface area contributed by atoms with Crippen molar-refractivity contribution in [2.75, 3.05) is 12.4 Å². The molecule has 3 aromatic rings. The number of aromatic nitrogens is 2. The van der Waals surface area contributed by atoms with E-state index in [1.54, 1.807) is 10.9 Å². The predicted molar refractivity (Wildman–Crippen MR) is 98.0 cm³/mol. The molecule has 0 aliphatic carbocycles. The minimum Gasteiger partial charge on any atom is -0.493 e. The first kappa shape index (κ1) is 17.5. The van der Waals surface area contributed by atoms with Crippen molar-refractivity contribution in [2.24, 2.45) is 5.73 Å². The van der Waals surface area contributed by atoms with Crippen LogP contribution >= 0.6 is 11.6 Å². The highest BCUT2D eigenvalue weighted by Gasteiger charge is 2.19. The number of halogens is 1. The van der Waals surface area contributed by atoms with E-state index in [0.29, 0.717) is 11.4 Å². The van der Waals surface area contributed by atoms with Gasteiger partial charge in [-0.25, -0.2) is 4.68 Å². The predicted octanol–water partition coefficient (Wildman–Crippen LogP) is 2.89. The number of anilines is 1. The lowest BCUT2D eigenvalue weighted by Crippen LogP contribution is -2.15. The fraction of sp³-hybridized carbons (Fsp3) is 0.0556. The van der Waals surface area contributed by atoms with Gasteiger partial charge in [0.25, 0.3) is 5.91 Å². The second-order valence-corrected chi connectivity index (χ2v) is 5.75. The molecule has 0 unspecified atom stereocenters. The fourth-order valence-electron chi connectivity index (χ4n) is 2.36. The SMILES string of the molecule is COc1cn(-c2ccccc2)nc1C(=O)Nc1ccc(C(N)=O)c(Cl)c1. The number of para-hydroxylation sites is 1. The monoisotopic (exact) mass is 370 g/mol. The summed E-state index contributed by atoms with van der Waals surface area (Å²) < 4.78 is 6.80. The van der Waals surface area contributed by atoms with E-state index in [0.717, 1.165) is 5.69 Å². The number of primary amides is 1. The molecule has 2 amide bonds. The van der Waals surface area contributed by atoms with Gasteiger partial charge < -0.3 is 15.8 Å². The molecule has 26 heavy (non-hydrogen) atoms. The summed E-state index contributed by atoms with van der Waals surface area (Å²) in [6, 6.07) is 13.8. The van der Waals surface area contributed by atoms with Crippen LogP contribution in [0, 0.1) is 0 Å². The van der Waals surface area contributed by atoms with E-state index in [4.69, 9.17) is 22.1 Å². The molecule has 1 heterocycles. The number of nitrogens with two attached hydrogens (primary N) is 1. The van der Waals surface area contributed by atoms with Crippen LogP contribution in [0.5, 0.6) is 5.75 Å². The van der Waals surface area contributed by atoms with E-state index in [1.165, 1.54) is 25.3 Å². The van der Waals surface area contributed by atoms with Crippen LogP contribution in [0.1, 0.15) is 20.8 Å². The van der Waals surface area contributed by atoms with Crippen LogP contribution in [0.4, 0.5) is 5.69 Å². The van der Waals surface area contributed by atoms with Crippen molar-refractivity contribution in [3.8, 4) is 11.4 Å². The van der Waals surface area contributed by atoms with Gasteiger partial charge in [0.05, 0.1) is 29.6 Å². The number of benzene rings is 2. The van der Waals surface area contributed by atoms with Gasteiger partial charge in [-0.3, -0.25) is 9.59 Å². The second kappa shape index (κ2) is 7.28. The van der Waals surface area contributed by atoms with Gasteiger partial charge in [0.1, 0.15) is 0 Å². The molecule has 0 saturated heterocycles. The molecule has 0 spiro atoms. The molecular weight excluding hydrogens is 356 g/mol. The van der Waals surface area contributed by atoms with Crippen LogP contribution in [0.2, 0.25) is 5.02 Å². The summed E-state index contributed by atoms with van der Waals surface area (Å²) in [7, 11) is 1.46. The van der Waals surface area contributed by atoms with E-state index in [9.17, 15) is 9.59 Å². The summed E-state index contributed by atoms with van der Waals surface area (Å²) in [5, 5.41) is 7.11. The van der Waals surface area contributed by atoms with Gasteiger partial charge in [-0.05, 0) is 30.3 Å². The van der Waals surface area contributed by atoms with Crippen molar-refractivity contribution >= 4 is 29.1 Å². The van der Waals surface area contributed by atoms with Crippen LogP contribution < -0.4 is 15.8 Å². The zero-order valence-corrected chi connectivity index (χ0v) is 14.5. The quantitative estimate of drug-likeness (QED) is 0.721. The molecule has 132 valence electrons. The van der Waals surface area contributed by atoms with Crippen molar-refractivity contribution in [1.82, 2.24) is 9.78 Å². The number of carbonyl (C=O) groups excluding carboxylic acids is 2. The highest BCUT2D eigenvalue weighted by Crippen LogP contribution is 2.23. The molecule has 2 aromatic carbocycles. The molecule has 0 saturated carbocycles. The summed E-state index contributed by atoms with van der Waals surface area (Å²) in [5.74, 6) is -0.790. The van der Waals surface area contributed by atoms with Crippen LogP contribution in [0.25, 0.3) is 5.69 Å². The third-order valence-electron chi connectivity index (χ3n) is 3.63. The molecule has 0 radical (unpaired) electrons. The van der Waals surface area contributed by atoms with Crippen molar-refractivity contribution < 1.29 is 14.3 Å². The van der Waals surface area contributed by atoms with E-state index < -0.39 is 11.8 Å². The van der Waals surface area contributed by atoms with Crippen LogP contribution in [0.3, 0.4) is 0 Å². The maximum absolute atomic E-state index is 12.6. The first-order valence-corrected chi connectivity index (χ1v) is 7.97. The first-order chi connectivity index (χ1) is 12.5. The third-order valence-corrected chi connectivity index (χ3v) is 3.94. The molecular formula is C18H15ClN4O3. The molecule has 3 rings (SSSR count). The zero-order valence-electron chi connectivity index (χ0n) is 13.8. The highest BCUT2D eigenvalue weighted by atomic mass is 35.5. The Balaban J connectivity index is 1.87. The van der Waals surface area contributed by atoms with E-state index in [2.05, 4.69) is 10.4 Å². The summed E-state index contributed by atoms with van der Waals surface area (Å²) >= 11 is 6.00. The Bertz CT molecular complexity index is 970. The van der Waals surface area contributed by atoms with Gasteiger partial charge in [0.15, 0.2) is 11.4 Å². The highest BCUT2D eigenvalue weighted by molar-refractivity contribution is 6.34. The molecule has 7 nitrogen and oxygen atoms in total. The molecule has 3 N–H and O–H groups in total. The number of ether oxygens (including phenoxy) is 1. The number of nitrogens with zero attached hydrogens (tertiary/aromatic N) is 2. The molecule has 0 fully saturated rings. The summed E-state index contributed by atoms with van der Waals surface area (Å²) in [5.41, 5.74) is 6.70. The Morgan fingerprint density at radius 1 is 1.19 bits per heavy atom. The van der Waals surface area contributed by atoms with Crippen LogP contribution in [0.15, 0.2) is 54.7 Å². The first-order valence-electron chi connectivity index (χ1n) is 7.59. The van der Waals surface area contributed by atoms with Gasteiger partial charge in [-0.2, -0.15) is 5.10 Å². The van der Waals surface area contributed by atoms with Crippen LogP contribution in [-0.4, -0.2) is 28.7 Å². The minimum absolute atomic E-state index is 0.117. The maximum atomic E-state index is 12.6. The molecule has 0 aliphatic heterocycles. The van der Waals surface area contributed by atoms with E-state index >= 15 is 0 Å². The third kappa shape index (κ3) is 3.52. The molecule has 1 aromatic heterocycles. The summed E-state index contributed by atoms with van der Waals surface area (Å²) in [4.78, 5) is 23.8. The Kier molecular flexibility index (Phi) is 4.90. The lowest BCUT2D eigenvalue weighted by Gasteiger charge is -2.07. The summed E-state index contributed by atoms with van der Waals surface area (Å²) in [6.07, 6.45) is 1.62. The minimum atomic E-state index is -0.642. The van der Waals surface area contributed by atoms with Gasteiger partial charge in [0, 0.05) is 5.69 Å². The van der Waals surface area contributed by atoms with E-state index in [1.807, 2.05) is 30.3 Å². The van der Waals surface area contributed by atoms with Crippen molar-refractivity contribution in [3.05, 3.63) is 71.0 Å². The van der Waals surface area contributed by atoms with Gasteiger partial charge in [0.2, 0.25) is 5.91 Å². The zero-order chi connectivity index (χ0) is 18.7. The number of amides is 2. The molecule has 0 atom stereocenters. The normalized spacial score (nSPS) is 10.4. The van der Waals surface area contributed by atoms with Crippen molar-refractivity contribution in [3.63, 3.8) is 0 Å². The largest absolute Gasteiger partial charge is 0.493 e. The summed E-state index contributed by atoms with van der Waals surface area (Å²) in [6.45, 7) is 0. The molecule has 8 heteroatoms. The smallest absolute Gasteiger partial charge is 0.280 e. The number of methoxy groups -OCH3 is 1. The lowest BCUT2D eigenvalue weighted by atomic mass is 10.2. The second-order valence-electron chi connectivity index (χ2n) is 5.34. The van der Waals surface area contributed by atoms with Gasteiger partial charge in [-0.15, -0.1) is 0 Å². The average molecular weight is 371 g/mol. The van der Waals surface area contributed by atoms with Gasteiger partial charge in [-0.1, -0.05) is 29.8 Å². The number of rotatable bonds is 5. The Labute approximate surface area is 154 Å². The standard InChI is InChI=1S/C18H15ClN4O3/c1-26-15-10-23(12-5-3-2-4-6-12)22-16(15)18(25)21-11-7-8-13(17(20)24)14(19)9-11/h2-10H,1H3,(H2,20,24)(H,21,25). The topological polar surface area (TPSA) is 99.2 Å². The van der Waals surface area contributed by atoms with Gasteiger partial charge >= 0.3 is 0 Å². The Morgan fingerprint density at radius 2 is 1.92 bits per heavy atom. The number of hydrogen-bond acceptors (Lipinski definition) is 4. The fourth-order valence-corrected chi connectivity index (χ4v) is 2.63. The number of hydrogen-bond donors (Lipinski definition) is 2. The maximum Gasteiger partial charge on any atom is 0.280 e. The van der Waals surface area contributed by atoms with Crippen molar-refractivity contribution in [1.29, 1.82) is 0 Å². The molecule has 0 aliphatic rings. The number of carbonyl (C=O) groups is 2. The number of nitrogens with one attached hydrogen (secondary N) is 1. The molecule has 0 bridgehead atoms. The van der Waals surface area contributed by atoms with E-state index in [-0.39, 0.29) is 16.3 Å².